The number of ether oxygens (including phenoxy) is 1. The SMILES string of the molecule is COc1cncc(Cc2nc3ccc(F)cc3n2C)c1. The summed E-state index contributed by atoms with van der Waals surface area (Å²) in [7, 11) is 3.50. The van der Waals surface area contributed by atoms with Crippen molar-refractivity contribution in [3.05, 3.63) is 53.9 Å². The maximum absolute atomic E-state index is 13.3. The van der Waals surface area contributed by atoms with Crippen LogP contribution in [0, 0.1) is 5.82 Å². The topological polar surface area (TPSA) is 39.9 Å². The predicted octanol–water partition coefficient (Wildman–Crippen LogP) is 2.71. The average molecular weight is 271 g/mol. The van der Waals surface area contributed by atoms with Gasteiger partial charge >= 0.3 is 0 Å². The zero-order valence-corrected chi connectivity index (χ0v) is 11.3. The molecule has 2 heterocycles. The van der Waals surface area contributed by atoms with Gasteiger partial charge in [0.15, 0.2) is 0 Å². The van der Waals surface area contributed by atoms with Crippen molar-refractivity contribution >= 4 is 11.0 Å². The third-order valence-corrected chi connectivity index (χ3v) is 3.30. The molecule has 0 N–H and O–H groups in total. The van der Waals surface area contributed by atoms with Crippen LogP contribution in [0.1, 0.15) is 11.4 Å². The van der Waals surface area contributed by atoms with Crippen molar-refractivity contribution in [2.75, 3.05) is 7.11 Å². The fraction of sp³-hybridized carbons (Fsp3) is 0.200. The van der Waals surface area contributed by atoms with E-state index in [0.717, 1.165) is 22.4 Å². The van der Waals surface area contributed by atoms with Gasteiger partial charge in [-0.05, 0) is 29.8 Å². The van der Waals surface area contributed by atoms with Gasteiger partial charge in [0.25, 0.3) is 0 Å². The summed E-state index contributed by atoms with van der Waals surface area (Å²) >= 11 is 0. The van der Waals surface area contributed by atoms with E-state index in [2.05, 4.69) is 9.97 Å². The Labute approximate surface area is 115 Å². The van der Waals surface area contributed by atoms with Crippen LogP contribution >= 0.6 is 0 Å². The number of hydrogen-bond acceptors (Lipinski definition) is 3. The zero-order chi connectivity index (χ0) is 14.1. The Bertz CT molecular complexity index is 767. The molecule has 4 nitrogen and oxygen atoms in total. The normalized spacial score (nSPS) is 10.9. The van der Waals surface area contributed by atoms with E-state index in [9.17, 15) is 4.39 Å². The number of pyridine rings is 1. The molecule has 5 heteroatoms. The first-order chi connectivity index (χ1) is 9.67. The first-order valence-corrected chi connectivity index (χ1v) is 6.26. The van der Waals surface area contributed by atoms with Gasteiger partial charge < -0.3 is 9.30 Å². The minimum Gasteiger partial charge on any atom is -0.495 e. The molecule has 0 atom stereocenters. The molecule has 0 spiro atoms. The summed E-state index contributed by atoms with van der Waals surface area (Å²) in [5.41, 5.74) is 2.58. The Morgan fingerprint density at radius 1 is 1.25 bits per heavy atom. The second kappa shape index (κ2) is 4.92. The predicted molar refractivity (Wildman–Crippen MR) is 74.3 cm³/mol. The molecule has 0 saturated heterocycles. The number of halogens is 1. The molecule has 3 rings (SSSR count). The Morgan fingerprint density at radius 3 is 2.90 bits per heavy atom. The lowest BCUT2D eigenvalue weighted by Crippen LogP contribution is -2.00. The van der Waals surface area contributed by atoms with Crippen LogP contribution in [-0.4, -0.2) is 21.6 Å². The summed E-state index contributed by atoms with van der Waals surface area (Å²) in [6, 6.07) is 6.53. The monoisotopic (exact) mass is 271 g/mol. The fourth-order valence-electron chi connectivity index (χ4n) is 2.23. The summed E-state index contributed by atoms with van der Waals surface area (Å²) in [5, 5.41) is 0. The van der Waals surface area contributed by atoms with Gasteiger partial charge in [0.2, 0.25) is 0 Å². The van der Waals surface area contributed by atoms with Crippen LogP contribution in [0.5, 0.6) is 5.75 Å². The van der Waals surface area contributed by atoms with Gasteiger partial charge in [-0.25, -0.2) is 9.37 Å². The molecular formula is C15H14FN3O. The highest BCUT2D eigenvalue weighted by molar-refractivity contribution is 5.76. The minimum absolute atomic E-state index is 0.255. The molecule has 102 valence electrons. The van der Waals surface area contributed by atoms with E-state index in [1.807, 2.05) is 17.7 Å². The van der Waals surface area contributed by atoms with Crippen molar-refractivity contribution in [3.63, 3.8) is 0 Å². The van der Waals surface area contributed by atoms with Crippen LogP contribution < -0.4 is 4.74 Å². The van der Waals surface area contributed by atoms with E-state index in [1.54, 1.807) is 25.6 Å². The highest BCUT2D eigenvalue weighted by atomic mass is 19.1. The summed E-state index contributed by atoms with van der Waals surface area (Å²) < 4.78 is 20.3. The highest BCUT2D eigenvalue weighted by Gasteiger charge is 2.09. The van der Waals surface area contributed by atoms with Crippen LogP contribution in [0.2, 0.25) is 0 Å². The lowest BCUT2D eigenvalue weighted by molar-refractivity contribution is 0.412. The molecule has 1 aromatic carbocycles. The average Bonchev–Trinajstić information content (AvgIpc) is 2.76. The zero-order valence-electron chi connectivity index (χ0n) is 11.3. The second-order valence-electron chi connectivity index (χ2n) is 4.63. The van der Waals surface area contributed by atoms with Crippen molar-refractivity contribution in [2.45, 2.75) is 6.42 Å². The van der Waals surface area contributed by atoms with Crippen LogP contribution in [0.3, 0.4) is 0 Å². The summed E-state index contributed by atoms with van der Waals surface area (Å²) in [6.07, 6.45) is 4.06. The number of nitrogens with zero attached hydrogens (tertiary/aromatic N) is 3. The van der Waals surface area contributed by atoms with Crippen molar-refractivity contribution in [3.8, 4) is 5.75 Å². The van der Waals surface area contributed by atoms with Gasteiger partial charge in [-0.2, -0.15) is 0 Å². The number of imidazole rings is 1. The van der Waals surface area contributed by atoms with Gasteiger partial charge in [0.1, 0.15) is 17.4 Å². The van der Waals surface area contributed by atoms with Crippen LogP contribution in [0.4, 0.5) is 4.39 Å². The molecular weight excluding hydrogens is 257 g/mol. The van der Waals surface area contributed by atoms with Gasteiger partial charge in [-0.1, -0.05) is 0 Å². The molecule has 0 aliphatic rings. The van der Waals surface area contributed by atoms with Gasteiger partial charge in [0, 0.05) is 19.7 Å². The van der Waals surface area contributed by atoms with Gasteiger partial charge in [-0.15, -0.1) is 0 Å². The maximum Gasteiger partial charge on any atom is 0.137 e. The van der Waals surface area contributed by atoms with Crippen LogP contribution in [0.15, 0.2) is 36.7 Å². The molecule has 3 aromatic rings. The minimum atomic E-state index is -0.255. The Hall–Kier alpha value is -2.43. The lowest BCUT2D eigenvalue weighted by atomic mass is 10.2. The Kier molecular flexibility index (Phi) is 3.10. The van der Waals surface area contributed by atoms with E-state index in [-0.39, 0.29) is 5.82 Å². The molecule has 20 heavy (non-hydrogen) atoms. The molecule has 0 aliphatic carbocycles. The molecule has 0 fully saturated rings. The standard InChI is InChI=1S/C15H14FN3O/c1-19-14-7-11(16)3-4-13(14)18-15(19)6-10-5-12(20-2)9-17-8-10/h3-5,7-9H,6H2,1-2H3. The molecule has 0 amide bonds. The fourth-order valence-corrected chi connectivity index (χ4v) is 2.23. The lowest BCUT2D eigenvalue weighted by Gasteiger charge is -2.04. The molecule has 0 radical (unpaired) electrons. The van der Waals surface area contributed by atoms with Gasteiger partial charge in [0.05, 0.1) is 24.3 Å². The van der Waals surface area contributed by atoms with E-state index in [0.29, 0.717) is 12.2 Å². The van der Waals surface area contributed by atoms with Gasteiger partial charge in [-0.3, -0.25) is 4.98 Å². The Morgan fingerprint density at radius 2 is 2.10 bits per heavy atom. The number of aryl methyl sites for hydroxylation is 1. The maximum atomic E-state index is 13.3. The molecule has 0 bridgehead atoms. The number of rotatable bonds is 3. The van der Waals surface area contributed by atoms with Crippen molar-refractivity contribution in [2.24, 2.45) is 7.05 Å². The number of fused-ring (bicyclic) bond motifs is 1. The molecule has 0 aliphatic heterocycles. The third-order valence-electron chi connectivity index (χ3n) is 3.30. The largest absolute Gasteiger partial charge is 0.495 e. The smallest absolute Gasteiger partial charge is 0.137 e. The highest BCUT2D eigenvalue weighted by Crippen LogP contribution is 2.19. The van der Waals surface area contributed by atoms with E-state index < -0.39 is 0 Å². The summed E-state index contributed by atoms with van der Waals surface area (Å²) in [4.78, 5) is 8.66. The van der Waals surface area contributed by atoms with Crippen LogP contribution in [0.25, 0.3) is 11.0 Å². The number of aromatic nitrogens is 3. The molecule has 2 aromatic heterocycles. The summed E-state index contributed by atoms with van der Waals surface area (Å²) in [6.45, 7) is 0. The van der Waals surface area contributed by atoms with E-state index in [1.165, 1.54) is 12.1 Å². The Balaban J connectivity index is 2.00. The first kappa shape index (κ1) is 12.6. The van der Waals surface area contributed by atoms with Crippen molar-refractivity contribution in [1.29, 1.82) is 0 Å². The summed E-state index contributed by atoms with van der Waals surface area (Å²) in [5.74, 6) is 1.32. The second-order valence-corrected chi connectivity index (χ2v) is 4.63. The number of hydrogen-bond donors (Lipinski definition) is 0. The first-order valence-electron chi connectivity index (χ1n) is 6.26. The van der Waals surface area contributed by atoms with E-state index in [4.69, 9.17) is 4.74 Å². The van der Waals surface area contributed by atoms with Crippen molar-refractivity contribution in [1.82, 2.24) is 14.5 Å². The van der Waals surface area contributed by atoms with E-state index >= 15 is 0 Å². The number of methoxy groups -OCH3 is 1. The number of benzene rings is 1. The third kappa shape index (κ3) is 2.22. The molecule has 0 saturated carbocycles. The van der Waals surface area contributed by atoms with Crippen molar-refractivity contribution < 1.29 is 9.13 Å². The quantitative estimate of drug-likeness (QED) is 0.735. The van der Waals surface area contributed by atoms with Crippen LogP contribution in [-0.2, 0) is 13.5 Å². The molecule has 0 unspecified atom stereocenters.